The fourth-order valence-electron chi connectivity index (χ4n) is 1.97. The fourth-order valence-corrected chi connectivity index (χ4v) is 1.97. The van der Waals surface area contributed by atoms with E-state index in [9.17, 15) is 0 Å². The SMILES string of the molecule is C/C=C/CCNC1CCCC1C. The average Bonchev–Trinajstić information content (AvgIpc) is 2.46. The molecule has 1 aliphatic rings. The van der Waals surface area contributed by atoms with Crippen molar-refractivity contribution in [3.05, 3.63) is 12.2 Å². The molecule has 12 heavy (non-hydrogen) atoms. The topological polar surface area (TPSA) is 12.0 Å². The summed E-state index contributed by atoms with van der Waals surface area (Å²) in [5.41, 5.74) is 0. The molecule has 0 heterocycles. The summed E-state index contributed by atoms with van der Waals surface area (Å²) in [4.78, 5) is 0. The van der Waals surface area contributed by atoms with Gasteiger partial charge in [-0.25, -0.2) is 0 Å². The smallest absolute Gasteiger partial charge is 0.00928 e. The third-order valence-corrected chi connectivity index (χ3v) is 2.81. The average molecular weight is 167 g/mol. The standard InChI is InChI=1S/C11H21N/c1-3-4-5-9-12-11-8-6-7-10(11)2/h3-4,10-12H,5-9H2,1-2H3/b4-3+. The summed E-state index contributed by atoms with van der Waals surface area (Å²) in [5.74, 6) is 0.899. The van der Waals surface area contributed by atoms with E-state index < -0.39 is 0 Å². The van der Waals surface area contributed by atoms with Crippen LogP contribution in [0.15, 0.2) is 12.2 Å². The van der Waals surface area contributed by atoms with Crippen molar-refractivity contribution >= 4 is 0 Å². The second kappa shape index (κ2) is 5.36. The molecule has 0 bridgehead atoms. The summed E-state index contributed by atoms with van der Waals surface area (Å²) in [5, 5.41) is 3.61. The predicted molar refractivity (Wildman–Crippen MR) is 54.2 cm³/mol. The van der Waals surface area contributed by atoms with Gasteiger partial charge in [-0.05, 0) is 38.6 Å². The maximum atomic E-state index is 3.61. The molecule has 1 N–H and O–H groups in total. The van der Waals surface area contributed by atoms with Crippen LogP contribution in [-0.2, 0) is 0 Å². The molecule has 1 rings (SSSR count). The third kappa shape index (κ3) is 2.98. The Morgan fingerprint density at radius 3 is 2.83 bits per heavy atom. The normalized spacial score (nSPS) is 30.2. The zero-order valence-corrected chi connectivity index (χ0v) is 8.34. The first-order valence-corrected chi connectivity index (χ1v) is 5.19. The van der Waals surface area contributed by atoms with Crippen LogP contribution in [0.4, 0.5) is 0 Å². The van der Waals surface area contributed by atoms with Gasteiger partial charge in [-0.3, -0.25) is 0 Å². The van der Waals surface area contributed by atoms with Crippen molar-refractivity contribution < 1.29 is 0 Å². The molecule has 1 saturated carbocycles. The van der Waals surface area contributed by atoms with E-state index in [1.54, 1.807) is 0 Å². The largest absolute Gasteiger partial charge is 0.313 e. The highest BCUT2D eigenvalue weighted by atomic mass is 14.9. The molecule has 0 amide bonds. The lowest BCUT2D eigenvalue weighted by atomic mass is 10.1. The van der Waals surface area contributed by atoms with Gasteiger partial charge in [0.15, 0.2) is 0 Å². The molecule has 1 heteroatoms. The second-order valence-corrected chi connectivity index (χ2v) is 3.83. The Morgan fingerprint density at radius 2 is 2.25 bits per heavy atom. The second-order valence-electron chi connectivity index (χ2n) is 3.83. The summed E-state index contributed by atoms with van der Waals surface area (Å²) in [7, 11) is 0. The van der Waals surface area contributed by atoms with Gasteiger partial charge < -0.3 is 5.32 Å². The van der Waals surface area contributed by atoms with Crippen molar-refractivity contribution in [1.82, 2.24) is 5.32 Å². The molecule has 0 spiro atoms. The lowest BCUT2D eigenvalue weighted by Gasteiger charge is -2.16. The Labute approximate surface area is 76.2 Å². The minimum Gasteiger partial charge on any atom is -0.313 e. The number of allylic oxidation sites excluding steroid dienone is 1. The molecule has 1 nitrogen and oxygen atoms in total. The molecule has 0 saturated heterocycles. The van der Waals surface area contributed by atoms with Crippen LogP contribution in [0.3, 0.4) is 0 Å². The monoisotopic (exact) mass is 167 g/mol. The first-order chi connectivity index (χ1) is 5.84. The van der Waals surface area contributed by atoms with Gasteiger partial charge in [0, 0.05) is 6.04 Å². The Hall–Kier alpha value is -0.300. The Morgan fingerprint density at radius 1 is 1.42 bits per heavy atom. The number of hydrogen-bond acceptors (Lipinski definition) is 1. The van der Waals surface area contributed by atoms with Crippen LogP contribution in [0.1, 0.15) is 39.5 Å². The molecule has 0 aromatic heterocycles. The molecule has 0 aliphatic heterocycles. The minimum absolute atomic E-state index is 0.801. The van der Waals surface area contributed by atoms with E-state index in [2.05, 4.69) is 31.3 Å². The van der Waals surface area contributed by atoms with E-state index in [4.69, 9.17) is 0 Å². The van der Waals surface area contributed by atoms with Crippen molar-refractivity contribution in [2.45, 2.75) is 45.6 Å². The van der Waals surface area contributed by atoms with Gasteiger partial charge in [-0.15, -0.1) is 0 Å². The highest BCUT2D eigenvalue weighted by Crippen LogP contribution is 2.24. The maximum absolute atomic E-state index is 3.61. The van der Waals surface area contributed by atoms with Gasteiger partial charge in [0.1, 0.15) is 0 Å². The summed E-state index contributed by atoms with van der Waals surface area (Å²) in [6, 6.07) is 0.801. The van der Waals surface area contributed by atoms with Crippen LogP contribution in [0, 0.1) is 5.92 Å². The van der Waals surface area contributed by atoms with Gasteiger partial charge in [-0.2, -0.15) is 0 Å². The van der Waals surface area contributed by atoms with Crippen molar-refractivity contribution in [2.75, 3.05) is 6.54 Å². The maximum Gasteiger partial charge on any atom is 0.00928 e. The van der Waals surface area contributed by atoms with E-state index in [-0.39, 0.29) is 0 Å². The van der Waals surface area contributed by atoms with Crippen LogP contribution < -0.4 is 5.32 Å². The van der Waals surface area contributed by atoms with E-state index in [1.807, 2.05) is 0 Å². The van der Waals surface area contributed by atoms with Crippen molar-refractivity contribution in [2.24, 2.45) is 5.92 Å². The minimum atomic E-state index is 0.801. The van der Waals surface area contributed by atoms with Crippen molar-refractivity contribution in [1.29, 1.82) is 0 Å². The number of hydrogen-bond donors (Lipinski definition) is 1. The molecule has 2 atom stereocenters. The highest BCUT2D eigenvalue weighted by molar-refractivity contribution is 4.82. The van der Waals surface area contributed by atoms with Crippen LogP contribution >= 0.6 is 0 Å². The van der Waals surface area contributed by atoms with E-state index in [0.29, 0.717) is 0 Å². The van der Waals surface area contributed by atoms with Gasteiger partial charge in [0.2, 0.25) is 0 Å². The van der Waals surface area contributed by atoms with E-state index >= 15 is 0 Å². The van der Waals surface area contributed by atoms with Crippen LogP contribution in [0.5, 0.6) is 0 Å². The van der Waals surface area contributed by atoms with Gasteiger partial charge in [0.05, 0.1) is 0 Å². The van der Waals surface area contributed by atoms with Gasteiger partial charge in [-0.1, -0.05) is 25.5 Å². The molecule has 70 valence electrons. The Kier molecular flexibility index (Phi) is 4.37. The molecule has 0 radical (unpaired) electrons. The summed E-state index contributed by atoms with van der Waals surface area (Å²) in [6.45, 7) is 5.60. The lowest BCUT2D eigenvalue weighted by molar-refractivity contribution is 0.431. The molecule has 0 aromatic rings. The molecule has 0 aromatic carbocycles. The zero-order chi connectivity index (χ0) is 8.81. The van der Waals surface area contributed by atoms with Crippen LogP contribution in [0.25, 0.3) is 0 Å². The Balaban J connectivity index is 2.06. The lowest BCUT2D eigenvalue weighted by Crippen LogP contribution is -2.31. The molecule has 1 fully saturated rings. The summed E-state index contributed by atoms with van der Waals surface area (Å²) >= 11 is 0. The Bertz CT molecular complexity index is 140. The zero-order valence-electron chi connectivity index (χ0n) is 8.34. The van der Waals surface area contributed by atoms with Crippen LogP contribution in [0.2, 0.25) is 0 Å². The number of nitrogens with one attached hydrogen (secondary N) is 1. The first kappa shape index (κ1) is 9.79. The molecule has 1 aliphatic carbocycles. The third-order valence-electron chi connectivity index (χ3n) is 2.81. The van der Waals surface area contributed by atoms with E-state index in [0.717, 1.165) is 18.5 Å². The van der Waals surface area contributed by atoms with Gasteiger partial charge in [0.25, 0.3) is 0 Å². The molecular formula is C11H21N. The van der Waals surface area contributed by atoms with Gasteiger partial charge >= 0.3 is 0 Å². The first-order valence-electron chi connectivity index (χ1n) is 5.19. The quantitative estimate of drug-likeness (QED) is 0.501. The van der Waals surface area contributed by atoms with Crippen LogP contribution in [-0.4, -0.2) is 12.6 Å². The summed E-state index contributed by atoms with van der Waals surface area (Å²) < 4.78 is 0. The number of rotatable bonds is 4. The van der Waals surface area contributed by atoms with Crippen molar-refractivity contribution in [3.63, 3.8) is 0 Å². The highest BCUT2D eigenvalue weighted by Gasteiger charge is 2.21. The fraction of sp³-hybridized carbons (Fsp3) is 0.818. The predicted octanol–water partition coefficient (Wildman–Crippen LogP) is 2.73. The van der Waals surface area contributed by atoms with Crippen molar-refractivity contribution in [3.8, 4) is 0 Å². The molecule has 2 unspecified atom stereocenters. The summed E-state index contributed by atoms with van der Waals surface area (Å²) in [6.07, 6.45) is 9.76. The molecular weight excluding hydrogens is 146 g/mol. The van der Waals surface area contributed by atoms with E-state index in [1.165, 1.54) is 25.7 Å².